The maximum Gasteiger partial charge on any atom is 0.174 e. The van der Waals surface area contributed by atoms with E-state index in [0.29, 0.717) is 11.1 Å². The Morgan fingerprint density at radius 1 is 0.558 bits per heavy atom. The highest BCUT2D eigenvalue weighted by molar-refractivity contribution is 6.10. The lowest BCUT2D eigenvalue weighted by atomic mass is 9.91. The third-order valence-corrected chi connectivity index (χ3v) is 8.80. The minimum atomic E-state index is 0.611. The number of furan rings is 2. The van der Waals surface area contributed by atoms with Crippen LogP contribution in [0.5, 0.6) is 0 Å². The molecule has 43 heavy (non-hydrogen) atoms. The molecule has 5 heteroatoms. The van der Waals surface area contributed by atoms with Crippen LogP contribution in [0, 0.1) is 22.7 Å². The zero-order valence-corrected chi connectivity index (χ0v) is 22.9. The van der Waals surface area contributed by atoms with Gasteiger partial charge in [-0.1, -0.05) is 48.5 Å². The fourth-order valence-electron chi connectivity index (χ4n) is 6.86. The monoisotopic (exact) mass is 551 g/mol. The van der Waals surface area contributed by atoms with Gasteiger partial charge in [0.05, 0.1) is 40.0 Å². The summed E-state index contributed by atoms with van der Waals surface area (Å²) in [5.41, 5.74) is 10.3. The van der Waals surface area contributed by atoms with Crippen LogP contribution in [0.15, 0.2) is 112 Å². The van der Waals surface area contributed by atoms with E-state index < -0.39 is 0 Å². The van der Waals surface area contributed by atoms with Gasteiger partial charge in [0.2, 0.25) is 0 Å². The lowest BCUT2D eigenvalue weighted by molar-refractivity contribution is 0.556. The number of rotatable bonds is 2. The van der Waals surface area contributed by atoms with Gasteiger partial charge >= 0.3 is 0 Å². The van der Waals surface area contributed by atoms with E-state index in [1.165, 1.54) is 10.8 Å². The zero-order chi connectivity index (χ0) is 28.7. The standard InChI is InChI=1S/C38H21N3O2/c39-20-22-10-15-35-30(17-22)28-13-14-29-31-19-24(11-16-36(31)43-38(29)37(28)42-35)25-12-9-23(21-40)18-34(25)41-32-7-3-1-5-26(32)27-6-2-4-8-33(27)41/h1-12,15-19H,13-14H2. The minimum absolute atomic E-state index is 0.611. The first kappa shape index (κ1) is 23.6. The van der Waals surface area contributed by atoms with Crippen molar-refractivity contribution in [2.24, 2.45) is 0 Å². The summed E-state index contributed by atoms with van der Waals surface area (Å²) in [5.74, 6) is 1.53. The number of hydrogen-bond donors (Lipinski definition) is 0. The second-order valence-electron chi connectivity index (χ2n) is 11.1. The van der Waals surface area contributed by atoms with Gasteiger partial charge in [-0.15, -0.1) is 0 Å². The molecule has 3 heterocycles. The van der Waals surface area contributed by atoms with Gasteiger partial charge in [-0.2, -0.15) is 10.5 Å². The molecule has 0 N–H and O–H groups in total. The molecule has 0 saturated carbocycles. The summed E-state index contributed by atoms with van der Waals surface area (Å²) in [6.07, 6.45) is 1.63. The maximum atomic E-state index is 9.86. The molecule has 0 unspecified atom stereocenters. The van der Waals surface area contributed by atoms with Crippen LogP contribution in [0.3, 0.4) is 0 Å². The van der Waals surface area contributed by atoms with Crippen LogP contribution < -0.4 is 0 Å². The van der Waals surface area contributed by atoms with Crippen molar-refractivity contribution in [3.63, 3.8) is 0 Å². The van der Waals surface area contributed by atoms with Gasteiger partial charge in [0.1, 0.15) is 11.2 Å². The van der Waals surface area contributed by atoms with Gasteiger partial charge in [0.25, 0.3) is 0 Å². The van der Waals surface area contributed by atoms with Crippen LogP contribution >= 0.6 is 0 Å². The average molecular weight is 552 g/mol. The molecule has 3 aromatic heterocycles. The largest absolute Gasteiger partial charge is 0.452 e. The van der Waals surface area contributed by atoms with Gasteiger partial charge in [-0.25, -0.2) is 0 Å². The average Bonchev–Trinajstić information content (AvgIpc) is 3.73. The van der Waals surface area contributed by atoms with Crippen LogP contribution in [0.2, 0.25) is 0 Å². The number of fused-ring (bicyclic) bond motifs is 10. The second kappa shape index (κ2) is 8.73. The number of nitriles is 2. The second-order valence-corrected chi connectivity index (χ2v) is 11.1. The van der Waals surface area contributed by atoms with Crippen molar-refractivity contribution in [1.29, 1.82) is 10.5 Å². The van der Waals surface area contributed by atoms with E-state index >= 15 is 0 Å². The van der Waals surface area contributed by atoms with E-state index in [1.807, 2.05) is 30.3 Å². The molecule has 8 aromatic rings. The number of para-hydroxylation sites is 2. The van der Waals surface area contributed by atoms with Gasteiger partial charge in [-0.3, -0.25) is 0 Å². The molecule has 0 saturated heterocycles. The van der Waals surface area contributed by atoms with Crippen molar-refractivity contribution in [2.75, 3.05) is 0 Å². The predicted molar refractivity (Wildman–Crippen MR) is 168 cm³/mol. The molecule has 0 aliphatic heterocycles. The Kier molecular flexibility index (Phi) is 4.80. The molecular formula is C38H21N3O2. The van der Waals surface area contributed by atoms with Gasteiger partial charge in [0, 0.05) is 38.2 Å². The smallest absolute Gasteiger partial charge is 0.174 e. The number of aromatic nitrogens is 1. The lowest BCUT2D eigenvalue weighted by Crippen LogP contribution is -2.00. The van der Waals surface area contributed by atoms with Crippen molar-refractivity contribution in [1.82, 2.24) is 4.57 Å². The van der Waals surface area contributed by atoms with E-state index in [4.69, 9.17) is 8.83 Å². The van der Waals surface area contributed by atoms with Crippen LogP contribution in [0.25, 0.3) is 72.1 Å². The number of aryl methyl sites for hydroxylation is 2. The fraction of sp³-hybridized carbons (Fsp3) is 0.0526. The first-order valence-electron chi connectivity index (χ1n) is 14.3. The highest BCUT2D eigenvalue weighted by atomic mass is 16.4. The summed E-state index contributed by atoms with van der Waals surface area (Å²) in [6, 6.07) is 39.2. The highest BCUT2D eigenvalue weighted by Crippen LogP contribution is 2.45. The van der Waals surface area contributed by atoms with Crippen LogP contribution in [-0.4, -0.2) is 4.57 Å². The van der Waals surface area contributed by atoms with E-state index in [2.05, 4.69) is 83.4 Å². The van der Waals surface area contributed by atoms with Gasteiger partial charge in [0.15, 0.2) is 11.5 Å². The Hall–Kier alpha value is -6.04. The van der Waals surface area contributed by atoms with E-state index in [-0.39, 0.29) is 0 Å². The molecule has 0 radical (unpaired) electrons. The van der Waals surface area contributed by atoms with Gasteiger partial charge < -0.3 is 13.4 Å². The summed E-state index contributed by atoms with van der Waals surface area (Å²) in [6.45, 7) is 0. The van der Waals surface area contributed by atoms with Crippen LogP contribution in [0.4, 0.5) is 0 Å². The van der Waals surface area contributed by atoms with Crippen LogP contribution in [-0.2, 0) is 12.8 Å². The molecule has 5 nitrogen and oxygen atoms in total. The lowest BCUT2D eigenvalue weighted by Gasteiger charge is -2.15. The van der Waals surface area contributed by atoms with Crippen molar-refractivity contribution in [3.8, 4) is 40.5 Å². The molecule has 1 aliphatic carbocycles. The van der Waals surface area contributed by atoms with Crippen molar-refractivity contribution < 1.29 is 8.83 Å². The Morgan fingerprint density at radius 2 is 1.12 bits per heavy atom. The topological polar surface area (TPSA) is 78.8 Å². The predicted octanol–water partition coefficient (Wildman–Crippen LogP) is 9.45. The van der Waals surface area contributed by atoms with E-state index in [9.17, 15) is 10.5 Å². The highest BCUT2D eigenvalue weighted by Gasteiger charge is 2.29. The number of benzene rings is 5. The fourth-order valence-corrected chi connectivity index (χ4v) is 6.86. The molecule has 0 fully saturated rings. The third-order valence-electron chi connectivity index (χ3n) is 8.80. The minimum Gasteiger partial charge on any atom is -0.452 e. The Balaban J connectivity index is 1.27. The molecule has 9 rings (SSSR count). The quantitative estimate of drug-likeness (QED) is 0.214. The Bertz CT molecular complexity index is 2490. The van der Waals surface area contributed by atoms with E-state index in [1.54, 1.807) is 6.07 Å². The van der Waals surface area contributed by atoms with Crippen molar-refractivity contribution in [2.45, 2.75) is 12.8 Å². The normalized spacial score (nSPS) is 12.4. The molecule has 0 atom stereocenters. The molecule has 0 spiro atoms. The number of hydrogen-bond acceptors (Lipinski definition) is 4. The third kappa shape index (κ3) is 3.31. The molecule has 5 aromatic carbocycles. The summed E-state index contributed by atoms with van der Waals surface area (Å²) < 4.78 is 15.0. The molecule has 200 valence electrons. The summed E-state index contributed by atoms with van der Waals surface area (Å²) in [4.78, 5) is 0. The molecule has 0 bridgehead atoms. The molecule has 1 aliphatic rings. The molecule has 0 amide bonds. The van der Waals surface area contributed by atoms with Crippen molar-refractivity contribution >= 4 is 43.7 Å². The zero-order valence-electron chi connectivity index (χ0n) is 22.9. The SMILES string of the molecule is N#Cc1ccc(-c2ccc3oc4c(c3c2)CCc2c-4oc3ccc(C#N)cc23)c(-n2c3ccccc3c3ccccc32)c1. The summed E-state index contributed by atoms with van der Waals surface area (Å²) >= 11 is 0. The van der Waals surface area contributed by atoms with Crippen LogP contribution in [0.1, 0.15) is 22.3 Å². The number of nitrogens with zero attached hydrogens (tertiary/aromatic N) is 3. The molecular weight excluding hydrogens is 530 g/mol. The summed E-state index contributed by atoms with van der Waals surface area (Å²) in [7, 11) is 0. The van der Waals surface area contributed by atoms with Gasteiger partial charge in [-0.05, 0) is 73.0 Å². The van der Waals surface area contributed by atoms with Crippen molar-refractivity contribution in [3.05, 3.63) is 125 Å². The van der Waals surface area contributed by atoms with E-state index in [0.717, 1.165) is 85.3 Å². The maximum absolute atomic E-state index is 9.86. The first-order valence-corrected chi connectivity index (χ1v) is 14.3. The first-order chi connectivity index (χ1) is 21.2. The Morgan fingerprint density at radius 3 is 1.77 bits per heavy atom. The summed E-state index contributed by atoms with van der Waals surface area (Å²) in [5, 5.41) is 23.7. The Labute approximate surface area is 246 Å².